The zero-order valence-electron chi connectivity index (χ0n) is 20.9. The van der Waals surface area contributed by atoms with Gasteiger partial charge in [-0.2, -0.15) is 9.78 Å². The van der Waals surface area contributed by atoms with E-state index in [2.05, 4.69) is 57.4 Å². The smallest absolute Gasteiger partial charge is 0.228 e. The second kappa shape index (κ2) is 9.51. The molecule has 0 aromatic heterocycles. The average molecular weight is 455 g/mol. The van der Waals surface area contributed by atoms with Crippen LogP contribution in [0.25, 0.3) is 0 Å². The van der Waals surface area contributed by atoms with Crippen LogP contribution in [0.5, 0.6) is 0 Å². The second-order valence-corrected chi connectivity index (χ2v) is 11.2. The van der Waals surface area contributed by atoms with Gasteiger partial charge in [0.1, 0.15) is 18.3 Å². The molecule has 6 aliphatic heterocycles. The Morgan fingerprint density at radius 2 is 1.28 bits per heavy atom. The molecular weight excluding hydrogens is 412 g/mol. The SMILES string of the molecule is CC(C)[C@H]1CO[C@@H]2[C@H](C)[C@H]3O[C@H]3O[C@@H]21.CC(C)[C@H]1CO[C@H]2[C@@H]1OC=C[C@H]2C.CC1(C)OO1. The van der Waals surface area contributed by atoms with Crippen LogP contribution in [0.2, 0.25) is 0 Å². The lowest BCUT2D eigenvalue weighted by molar-refractivity contribution is -0.0907. The monoisotopic (exact) mass is 454 g/mol. The topological polar surface area (TPSA) is 74.5 Å². The molecule has 0 N–H and O–H groups in total. The minimum absolute atomic E-state index is 0.0780. The zero-order chi connectivity index (χ0) is 23.2. The summed E-state index contributed by atoms with van der Waals surface area (Å²) in [7, 11) is 0. The van der Waals surface area contributed by atoms with Gasteiger partial charge in [-0.1, -0.05) is 41.5 Å². The lowest BCUT2D eigenvalue weighted by Crippen LogP contribution is -2.43. The van der Waals surface area contributed by atoms with Crippen molar-refractivity contribution in [2.75, 3.05) is 13.2 Å². The second-order valence-electron chi connectivity index (χ2n) is 11.2. The predicted molar refractivity (Wildman–Crippen MR) is 118 cm³/mol. The molecule has 0 saturated carbocycles. The highest BCUT2D eigenvalue weighted by Gasteiger charge is 2.59. The fourth-order valence-corrected chi connectivity index (χ4v) is 5.10. The number of fused-ring (bicyclic) bond motifs is 3. The first-order chi connectivity index (χ1) is 15.1. The third-order valence-electron chi connectivity index (χ3n) is 7.53. The largest absolute Gasteiger partial charge is 0.495 e. The predicted octanol–water partition coefficient (Wildman–Crippen LogP) is 4.31. The van der Waals surface area contributed by atoms with Gasteiger partial charge in [0.05, 0.1) is 31.7 Å². The lowest BCUT2D eigenvalue weighted by Gasteiger charge is -2.30. The molecule has 0 aromatic rings. The standard InChI is InChI=1S/C11H18O3.C11H18O2.C3H6O2/c1-5(2)7-4-12-8-6(3)9-11(13-9)14-10(7)8;1-7(2)9-6-13-10-8(3)4-5-12-11(9)10;1-3(2)4-5-3/h5-11H,4H2,1-3H3;4-5,7-11H,6H2,1-3H3;1-2H3/t6-,7+,8+,9+,10+,11-;8-,9-,10-,11-;/m01./s1. The van der Waals surface area contributed by atoms with Crippen LogP contribution in [0, 0.1) is 35.5 Å². The quantitative estimate of drug-likeness (QED) is 0.455. The summed E-state index contributed by atoms with van der Waals surface area (Å²) in [6.45, 7) is 18.8. The summed E-state index contributed by atoms with van der Waals surface area (Å²) in [6.07, 6.45) is 5.44. The number of epoxide rings is 1. The van der Waals surface area contributed by atoms with E-state index in [4.69, 9.17) is 23.7 Å². The zero-order valence-corrected chi connectivity index (χ0v) is 20.9. The number of hydrogen-bond acceptors (Lipinski definition) is 7. The molecule has 5 fully saturated rings. The molecule has 0 bridgehead atoms. The molecule has 0 aliphatic carbocycles. The van der Waals surface area contributed by atoms with Gasteiger partial charge in [0.15, 0.2) is 6.29 Å². The van der Waals surface area contributed by atoms with Crippen LogP contribution in [-0.2, 0) is 33.5 Å². The van der Waals surface area contributed by atoms with Crippen molar-refractivity contribution in [2.24, 2.45) is 35.5 Å². The van der Waals surface area contributed by atoms with Crippen molar-refractivity contribution in [3.05, 3.63) is 12.3 Å². The Bertz CT molecular complexity index is 657. The fourth-order valence-electron chi connectivity index (χ4n) is 5.10. The number of ether oxygens (including phenoxy) is 5. The first-order valence-electron chi connectivity index (χ1n) is 12.3. The molecular formula is C25H42O7. The Hall–Kier alpha value is -0.700. The maximum atomic E-state index is 5.88. The van der Waals surface area contributed by atoms with Gasteiger partial charge in [-0.05, 0) is 31.8 Å². The Morgan fingerprint density at radius 1 is 0.750 bits per heavy atom. The van der Waals surface area contributed by atoms with Gasteiger partial charge in [-0.25, -0.2) is 0 Å². The molecule has 7 heteroatoms. The van der Waals surface area contributed by atoms with Gasteiger partial charge in [-0.3, -0.25) is 0 Å². The molecule has 0 amide bonds. The van der Waals surface area contributed by atoms with Crippen LogP contribution in [0.3, 0.4) is 0 Å². The Kier molecular flexibility index (Phi) is 7.26. The maximum Gasteiger partial charge on any atom is 0.228 e. The molecule has 6 rings (SSSR count). The summed E-state index contributed by atoms with van der Waals surface area (Å²) in [5.74, 6) is 3.15. The Morgan fingerprint density at radius 3 is 1.84 bits per heavy atom. The lowest BCUT2D eigenvalue weighted by atomic mass is 9.84. The fraction of sp³-hybridized carbons (Fsp3) is 0.920. The van der Waals surface area contributed by atoms with E-state index in [0.717, 1.165) is 13.2 Å². The molecule has 5 saturated heterocycles. The van der Waals surface area contributed by atoms with E-state index < -0.39 is 0 Å². The first kappa shape index (κ1) is 24.4. The molecule has 0 unspecified atom stereocenters. The number of hydrogen-bond donors (Lipinski definition) is 0. The average Bonchev–Trinajstić information content (AvgIpc) is 3.52. The molecule has 6 heterocycles. The van der Waals surface area contributed by atoms with E-state index in [1.807, 2.05) is 20.1 Å². The van der Waals surface area contributed by atoms with E-state index in [9.17, 15) is 0 Å². The van der Waals surface area contributed by atoms with E-state index >= 15 is 0 Å². The van der Waals surface area contributed by atoms with Crippen molar-refractivity contribution < 1.29 is 33.5 Å². The minimum Gasteiger partial charge on any atom is -0.495 e. The van der Waals surface area contributed by atoms with Crippen LogP contribution in [-0.4, -0.2) is 55.8 Å². The maximum absolute atomic E-state index is 5.88. The Balaban J connectivity index is 0.000000127. The molecule has 0 radical (unpaired) electrons. The van der Waals surface area contributed by atoms with Crippen molar-refractivity contribution in [3.63, 3.8) is 0 Å². The van der Waals surface area contributed by atoms with Crippen molar-refractivity contribution in [1.29, 1.82) is 0 Å². The molecule has 32 heavy (non-hydrogen) atoms. The van der Waals surface area contributed by atoms with E-state index in [1.54, 1.807) is 0 Å². The van der Waals surface area contributed by atoms with Crippen LogP contribution in [0.15, 0.2) is 12.3 Å². The Labute approximate surface area is 193 Å². The molecule has 10 atom stereocenters. The summed E-state index contributed by atoms with van der Waals surface area (Å²) in [4.78, 5) is 8.79. The molecule has 184 valence electrons. The highest BCUT2D eigenvalue weighted by Crippen LogP contribution is 2.46. The highest BCUT2D eigenvalue weighted by molar-refractivity contribution is 5.02. The van der Waals surface area contributed by atoms with Gasteiger partial charge in [0.25, 0.3) is 0 Å². The van der Waals surface area contributed by atoms with Crippen molar-refractivity contribution in [1.82, 2.24) is 0 Å². The molecule has 0 aromatic carbocycles. The van der Waals surface area contributed by atoms with E-state index in [-0.39, 0.29) is 30.4 Å². The third kappa shape index (κ3) is 5.34. The summed E-state index contributed by atoms with van der Waals surface area (Å²) in [5, 5.41) is 0. The highest BCUT2D eigenvalue weighted by atomic mass is 17.4. The molecule has 7 nitrogen and oxygen atoms in total. The van der Waals surface area contributed by atoms with Gasteiger partial charge < -0.3 is 23.7 Å². The minimum atomic E-state index is -0.250. The molecule has 6 aliphatic rings. The van der Waals surface area contributed by atoms with Crippen molar-refractivity contribution in [2.45, 2.75) is 98.0 Å². The summed E-state index contributed by atoms with van der Waals surface area (Å²) < 4.78 is 28.6. The van der Waals surface area contributed by atoms with E-state index in [1.165, 1.54) is 0 Å². The number of rotatable bonds is 2. The van der Waals surface area contributed by atoms with Crippen molar-refractivity contribution >= 4 is 0 Å². The van der Waals surface area contributed by atoms with Gasteiger partial charge in [-0.15, -0.1) is 0 Å². The summed E-state index contributed by atoms with van der Waals surface area (Å²) in [6, 6.07) is 0. The molecule has 0 spiro atoms. The van der Waals surface area contributed by atoms with Crippen LogP contribution >= 0.6 is 0 Å². The van der Waals surface area contributed by atoms with Crippen LogP contribution < -0.4 is 0 Å². The first-order valence-corrected chi connectivity index (χ1v) is 12.3. The van der Waals surface area contributed by atoms with Crippen LogP contribution in [0.4, 0.5) is 0 Å². The van der Waals surface area contributed by atoms with Gasteiger partial charge in [0, 0.05) is 23.7 Å². The summed E-state index contributed by atoms with van der Waals surface area (Å²) >= 11 is 0. The normalized spacial score (nSPS) is 46.7. The summed E-state index contributed by atoms with van der Waals surface area (Å²) in [5.41, 5.74) is 0. The van der Waals surface area contributed by atoms with E-state index in [0.29, 0.717) is 47.7 Å². The van der Waals surface area contributed by atoms with Crippen molar-refractivity contribution in [3.8, 4) is 0 Å². The van der Waals surface area contributed by atoms with Gasteiger partial charge >= 0.3 is 0 Å². The van der Waals surface area contributed by atoms with Crippen LogP contribution in [0.1, 0.15) is 55.4 Å². The third-order valence-corrected chi connectivity index (χ3v) is 7.53. The van der Waals surface area contributed by atoms with Gasteiger partial charge in [0.2, 0.25) is 5.79 Å².